The maximum atomic E-state index is 5.41. The molecule has 94 valence electrons. The van der Waals surface area contributed by atoms with Crippen LogP contribution in [0.2, 0.25) is 0 Å². The summed E-state index contributed by atoms with van der Waals surface area (Å²) in [5, 5.41) is 0. The predicted molar refractivity (Wildman–Crippen MR) is 75.9 cm³/mol. The van der Waals surface area contributed by atoms with E-state index in [1.165, 1.54) is 29.5 Å². The summed E-state index contributed by atoms with van der Waals surface area (Å²) in [6.45, 7) is 6.22. The monoisotopic (exact) mass is 296 g/mol. The van der Waals surface area contributed by atoms with E-state index >= 15 is 0 Å². The van der Waals surface area contributed by atoms with Gasteiger partial charge in [0, 0.05) is 18.0 Å². The maximum Gasteiger partial charge on any atom is 0.0469 e. The molecule has 1 aliphatic rings. The van der Waals surface area contributed by atoms with E-state index < -0.39 is 0 Å². The van der Waals surface area contributed by atoms with Gasteiger partial charge >= 0.3 is 0 Å². The lowest BCUT2D eigenvalue weighted by molar-refractivity contribution is 0.0662. The van der Waals surface area contributed by atoms with Crippen LogP contribution in [0.15, 0.2) is 18.2 Å². The summed E-state index contributed by atoms with van der Waals surface area (Å²) in [6.07, 6.45) is 3.52. The molecular formula is C15H21BrO. The van der Waals surface area contributed by atoms with E-state index in [-0.39, 0.29) is 0 Å². The normalized spacial score (nSPS) is 19.2. The molecule has 1 aliphatic heterocycles. The Morgan fingerprint density at radius 3 is 2.59 bits per heavy atom. The number of hydrogen-bond donors (Lipinski definition) is 0. The van der Waals surface area contributed by atoms with Crippen LogP contribution >= 0.6 is 15.9 Å². The summed E-state index contributed by atoms with van der Waals surface area (Å²) in [4.78, 5) is 0.591. The summed E-state index contributed by atoms with van der Waals surface area (Å²) in [5.74, 6) is 0.769. The van der Waals surface area contributed by atoms with Crippen LogP contribution in [-0.2, 0) is 11.2 Å². The van der Waals surface area contributed by atoms with Crippen LogP contribution in [-0.4, -0.2) is 18.0 Å². The molecule has 1 fully saturated rings. The first kappa shape index (κ1) is 13.1. The molecule has 0 aromatic heterocycles. The van der Waals surface area contributed by atoms with Crippen molar-refractivity contribution in [2.24, 2.45) is 5.92 Å². The molecule has 1 unspecified atom stereocenters. The topological polar surface area (TPSA) is 9.23 Å². The number of alkyl halides is 1. The van der Waals surface area contributed by atoms with Gasteiger partial charge in [0.2, 0.25) is 0 Å². The van der Waals surface area contributed by atoms with Gasteiger partial charge in [0.15, 0.2) is 0 Å². The lowest BCUT2D eigenvalue weighted by atomic mass is 9.92. The zero-order valence-electron chi connectivity index (χ0n) is 10.7. The van der Waals surface area contributed by atoms with Crippen molar-refractivity contribution in [3.8, 4) is 0 Å². The molecular weight excluding hydrogens is 276 g/mol. The SMILES string of the molecule is Cc1ccc(CC(Br)C2CCOCC2)cc1C. The number of rotatable bonds is 3. The van der Waals surface area contributed by atoms with Crippen molar-refractivity contribution in [2.45, 2.75) is 37.9 Å². The fourth-order valence-electron chi connectivity index (χ4n) is 2.40. The minimum Gasteiger partial charge on any atom is -0.381 e. The fourth-order valence-corrected chi connectivity index (χ4v) is 3.30. The predicted octanol–water partition coefficient (Wildman–Crippen LogP) is 4.04. The Morgan fingerprint density at radius 1 is 1.24 bits per heavy atom. The summed E-state index contributed by atoms with van der Waals surface area (Å²) >= 11 is 3.86. The van der Waals surface area contributed by atoms with E-state index in [2.05, 4.69) is 48.0 Å². The molecule has 0 saturated carbocycles. The zero-order valence-corrected chi connectivity index (χ0v) is 12.3. The zero-order chi connectivity index (χ0) is 12.3. The van der Waals surface area contributed by atoms with Crippen LogP contribution < -0.4 is 0 Å². The average Bonchev–Trinajstić information content (AvgIpc) is 2.35. The Kier molecular flexibility index (Phi) is 4.63. The molecule has 0 bridgehead atoms. The molecule has 0 N–H and O–H groups in total. The molecule has 17 heavy (non-hydrogen) atoms. The second-order valence-electron chi connectivity index (χ2n) is 5.09. The Labute approximate surface area is 113 Å². The van der Waals surface area contributed by atoms with E-state index in [1.54, 1.807) is 0 Å². The van der Waals surface area contributed by atoms with Crippen molar-refractivity contribution in [3.63, 3.8) is 0 Å². The molecule has 1 atom stereocenters. The molecule has 1 aromatic rings. The highest BCUT2D eigenvalue weighted by molar-refractivity contribution is 9.09. The third kappa shape index (κ3) is 3.56. The fraction of sp³-hybridized carbons (Fsp3) is 0.600. The summed E-state index contributed by atoms with van der Waals surface area (Å²) in [7, 11) is 0. The largest absolute Gasteiger partial charge is 0.381 e. The van der Waals surface area contributed by atoms with Gasteiger partial charge < -0.3 is 4.74 Å². The van der Waals surface area contributed by atoms with Gasteiger partial charge in [-0.3, -0.25) is 0 Å². The highest BCUT2D eigenvalue weighted by Crippen LogP contribution is 2.27. The Bertz CT molecular complexity index is 369. The summed E-state index contributed by atoms with van der Waals surface area (Å²) in [5.41, 5.74) is 4.22. The third-order valence-corrected chi connectivity index (χ3v) is 4.85. The van der Waals surface area contributed by atoms with Crippen molar-refractivity contribution in [1.82, 2.24) is 0 Å². The molecule has 1 aromatic carbocycles. The Balaban J connectivity index is 1.96. The first-order chi connectivity index (χ1) is 8.16. The van der Waals surface area contributed by atoms with Gasteiger partial charge in [-0.15, -0.1) is 0 Å². The number of aryl methyl sites for hydroxylation is 2. The van der Waals surface area contributed by atoms with E-state index in [0.717, 1.165) is 25.6 Å². The Hall–Kier alpha value is -0.340. The first-order valence-electron chi connectivity index (χ1n) is 6.45. The number of halogens is 1. The smallest absolute Gasteiger partial charge is 0.0469 e. The highest BCUT2D eigenvalue weighted by atomic mass is 79.9. The van der Waals surface area contributed by atoms with Crippen LogP contribution in [0.25, 0.3) is 0 Å². The average molecular weight is 297 g/mol. The molecule has 2 heteroatoms. The minimum atomic E-state index is 0.591. The van der Waals surface area contributed by atoms with Gasteiger partial charge in [-0.2, -0.15) is 0 Å². The van der Waals surface area contributed by atoms with Gasteiger partial charge in [0.05, 0.1) is 0 Å². The lowest BCUT2D eigenvalue weighted by Crippen LogP contribution is -2.24. The van der Waals surface area contributed by atoms with Gasteiger partial charge in [-0.25, -0.2) is 0 Å². The van der Waals surface area contributed by atoms with Gasteiger partial charge in [0.1, 0.15) is 0 Å². The van der Waals surface area contributed by atoms with Crippen molar-refractivity contribution in [1.29, 1.82) is 0 Å². The lowest BCUT2D eigenvalue weighted by Gasteiger charge is -2.26. The van der Waals surface area contributed by atoms with E-state index in [0.29, 0.717) is 4.83 Å². The quantitative estimate of drug-likeness (QED) is 0.765. The molecule has 0 spiro atoms. The second-order valence-corrected chi connectivity index (χ2v) is 6.26. The summed E-state index contributed by atoms with van der Waals surface area (Å²) in [6, 6.07) is 6.81. The van der Waals surface area contributed by atoms with Crippen molar-refractivity contribution < 1.29 is 4.74 Å². The van der Waals surface area contributed by atoms with E-state index in [9.17, 15) is 0 Å². The number of ether oxygens (including phenoxy) is 1. The third-order valence-electron chi connectivity index (χ3n) is 3.78. The van der Waals surface area contributed by atoms with Crippen LogP contribution in [0.4, 0.5) is 0 Å². The molecule has 1 heterocycles. The van der Waals surface area contributed by atoms with Gasteiger partial charge in [0.25, 0.3) is 0 Å². The van der Waals surface area contributed by atoms with Crippen LogP contribution in [0.3, 0.4) is 0 Å². The minimum absolute atomic E-state index is 0.591. The molecule has 0 amide bonds. The first-order valence-corrected chi connectivity index (χ1v) is 7.36. The van der Waals surface area contributed by atoms with Gasteiger partial charge in [-0.1, -0.05) is 34.1 Å². The van der Waals surface area contributed by atoms with Crippen LogP contribution in [0.5, 0.6) is 0 Å². The molecule has 0 radical (unpaired) electrons. The van der Waals surface area contributed by atoms with E-state index in [1.807, 2.05) is 0 Å². The van der Waals surface area contributed by atoms with Gasteiger partial charge in [-0.05, 0) is 55.7 Å². The van der Waals surface area contributed by atoms with Crippen molar-refractivity contribution in [2.75, 3.05) is 13.2 Å². The Morgan fingerprint density at radius 2 is 1.94 bits per heavy atom. The standard InChI is InChI=1S/C15H21BrO/c1-11-3-4-13(9-12(11)2)10-15(16)14-5-7-17-8-6-14/h3-4,9,14-15H,5-8,10H2,1-2H3. The van der Waals surface area contributed by atoms with Crippen molar-refractivity contribution >= 4 is 15.9 Å². The molecule has 1 saturated heterocycles. The van der Waals surface area contributed by atoms with Crippen LogP contribution in [0.1, 0.15) is 29.5 Å². The number of hydrogen-bond acceptors (Lipinski definition) is 1. The van der Waals surface area contributed by atoms with Crippen molar-refractivity contribution in [3.05, 3.63) is 34.9 Å². The van der Waals surface area contributed by atoms with E-state index in [4.69, 9.17) is 4.74 Å². The summed E-state index contributed by atoms with van der Waals surface area (Å²) < 4.78 is 5.41. The highest BCUT2D eigenvalue weighted by Gasteiger charge is 2.21. The van der Waals surface area contributed by atoms with Crippen LogP contribution in [0, 0.1) is 19.8 Å². The molecule has 1 nitrogen and oxygen atoms in total. The second kappa shape index (κ2) is 6.01. The molecule has 2 rings (SSSR count). The number of benzene rings is 1. The maximum absolute atomic E-state index is 5.41. The molecule has 0 aliphatic carbocycles.